The summed E-state index contributed by atoms with van der Waals surface area (Å²) in [5.41, 5.74) is 1.26. The summed E-state index contributed by atoms with van der Waals surface area (Å²) in [6.07, 6.45) is -0.0980. The Morgan fingerprint density at radius 3 is 2.86 bits per heavy atom. The predicted octanol–water partition coefficient (Wildman–Crippen LogP) is 2.43. The van der Waals surface area contributed by atoms with E-state index in [4.69, 9.17) is 0 Å². The molecule has 0 aliphatic heterocycles. The molecule has 1 amide bonds. The van der Waals surface area contributed by atoms with Crippen LogP contribution in [0.3, 0.4) is 0 Å². The quantitative estimate of drug-likeness (QED) is 0.734. The number of aliphatic hydroxyl groups is 1. The first-order valence-corrected chi connectivity index (χ1v) is 7.79. The number of rotatable bonds is 7. The van der Waals surface area contributed by atoms with Gasteiger partial charge in [-0.3, -0.25) is 4.79 Å². The van der Waals surface area contributed by atoms with E-state index < -0.39 is 6.10 Å². The van der Waals surface area contributed by atoms with Crippen LogP contribution in [0.2, 0.25) is 0 Å². The number of aliphatic hydroxyl groups excluding tert-OH is 1. The van der Waals surface area contributed by atoms with Crippen molar-refractivity contribution in [1.82, 2.24) is 10.3 Å². The summed E-state index contributed by atoms with van der Waals surface area (Å²) in [6.45, 7) is 3.16. The number of nitrogens with one attached hydrogen (secondary N) is 2. The third-order valence-electron chi connectivity index (χ3n) is 2.95. The molecule has 0 saturated carbocycles. The number of amides is 1. The maximum Gasteiger partial charge on any atom is 0.270 e. The number of anilines is 1. The van der Waals surface area contributed by atoms with Crippen molar-refractivity contribution in [2.75, 3.05) is 18.4 Å². The van der Waals surface area contributed by atoms with Gasteiger partial charge in [0.05, 0.1) is 6.10 Å². The maximum atomic E-state index is 11.9. The van der Waals surface area contributed by atoms with E-state index in [-0.39, 0.29) is 5.91 Å². The SMILES string of the molecule is CCNc1nc(C(=O)NCC[C@@H](O)c2ccccc2)cs1. The van der Waals surface area contributed by atoms with Gasteiger partial charge >= 0.3 is 0 Å². The Balaban J connectivity index is 1.78. The molecule has 0 saturated heterocycles. The zero-order chi connectivity index (χ0) is 15.1. The van der Waals surface area contributed by atoms with E-state index in [1.54, 1.807) is 5.38 Å². The average molecular weight is 305 g/mol. The second-order valence-electron chi connectivity index (χ2n) is 4.54. The van der Waals surface area contributed by atoms with Crippen molar-refractivity contribution < 1.29 is 9.90 Å². The minimum atomic E-state index is -0.570. The van der Waals surface area contributed by atoms with Crippen molar-refractivity contribution in [1.29, 1.82) is 0 Å². The molecule has 3 N–H and O–H groups in total. The van der Waals surface area contributed by atoms with Gasteiger partial charge in [-0.05, 0) is 18.9 Å². The molecule has 21 heavy (non-hydrogen) atoms. The van der Waals surface area contributed by atoms with Gasteiger partial charge in [-0.15, -0.1) is 11.3 Å². The van der Waals surface area contributed by atoms with Crippen molar-refractivity contribution in [3.8, 4) is 0 Å². The molecule has 6 heteroatoms. The van der Waals surface area contributed by atoms with Gasteiger partial charge in [-0.2, -0.15) is 0 Å². The van der Waals surface area contributed by atoms with Crippen LogP contribution in [0.1, 0.15) is 35.5 Å². The number of aromatic nitrogens is 1. The summed E-state index contributed by atoms with van der Waals surface area (Å²) in [5, 5.41) is 18.3. The van der Waals surface area contributed by atoms with Crippen molar-refractivity contribution >= 4 is 22.4 Å². The van der Waals surface area contributed by atoms with Gasteiger partial charge in [0.15, 0.2) is 5.13 Å². The van der Waals surface area contributed by atoms with Crippen molar-refractivity contribution in [3.63, 3.8) is 0 Å². The summed E-state index contributed by atoms with van der Waals surface area (Å²) in [4.78, 5) is 16.1. The molecule has 0 spiro atoms. The fourth-order valence-electron chi connectivity index (χ4n) is 1.87. The van der Waals surface area contributed by atoms with Crippen molar-refractivity contribution in [2.45, 2.75) is 19.4 Å². The molecular weight excluding hydrogens is 286 g/mol. The van der Waals surface area contributed by atoms with Gasteiger partial charge in [0.1, 0.15) is 5.69 Å². The third-order valence-corrected chi connectivity index (χ3v) is 3.75. The van der Waals surface area contributed by atoms with Crippen LogP contribution in [0.25, 0.3) is 0 Å². The number of hydrogen-bond acceptors (Lipinski definition) is 5. The van der Waals surface area contributed by atoms with E-state index >= 15 is 0 Å². The highest BCUT2D eigenvalue weighted by Crippen LogP contribution is 2.16. The number of hydrogen-bond donors (Lipinski definition) is 3. The van der Waals surface area contributed by atoms with E-state index in [1.165, 1.54) is 11.3 Å². The molecule has 0 bridgehead atoms. The lowest BCUT2D eigenvalue weighted by Crippen LogP contribution is -2.26. The van der Waals surface area contributed by atoms with E-state index in [1.807, 2.05) is 37.3 Å². The first kappa shape index (κ1) is 15.5. The van der Waals surface area contributed by atoms with Crippen LogP contribution < -0.4 is 10.6 Å². The highest BCUT2D eigenvalue weighted by atomic mass is 32.1. The molecule has 5 nitrogen and oxygen atoms in total. The lowest BCUT2D eigenvalue weighted by atomic mass is 10.1. The first-order valence-electron chi connectivity index (χ1n) is 6.91. The van der Waals surface area contributed by atoms with E-state index in [0.29, 0.717) is 18.7 Å². The molecular formula is C15H19N3O2S. The lowest BCUT2D eigenvalue weighted by Gasteiger charge is -2.11. The Hall–Kier alpha value is -1.92. The summed E-state index contributed by atoms with van der Waals surface area (Å²) in [5.74, 6) is -0.212. The molecule has 2 rings (SSSR count). The second kappa shape index (κ2) is 7.75. The molecule has 1 aromatic heterocycles. The molecule has 0 aliphatic carbocycles. The van der Waals surface area contributed by atoms with Gasteiger partial charge in [0.25, 0.3) is 5.91 Å². The monoisotopic (exact) mass is 305 g/mol. The maximum absolute atomic E-state index is 11.9. The Morgan fingerprint density at radius 1 is 1.38 bits per heavy atom. The molecule has 1 heterocycles. The third kappa shape index (κ3) is 4.54. The van der Waals surface area contributed by atoms with Crippen molar-refractivity contribution in [3.05, 3.63) is 47.0 Å². The normalized spacial score (nSPS) is 11.9. The summed E-state index contributed by atoms with van der Waals surface area (Å²) in [7, 11) is 0. The predicted molar refractivity (Wildman–Crippen MR) is 84.6 cm³/mol. The number of carbonyl (C=O) groups excluding carboxylic acids is 1. The Labute approximate surface area is 128 Å². The van der Waals surface area contributed by atoms with Crippen molar-refractivity contribution in [2.24, 2.45) is 0 Å². The van der Waals surface area contributed by atoms with Gasteiger partial charge in [-0.25, -0.2) is 4.98 Å². The standard InChI is InChI=1S/C15H19N3O2S/c1-2-16-15-18-12(10-21-15)14(20)17-9-8-13(19)11-6-4-3-5-7-11/h3-7,10,13,19H,2,8-9H2,1H3,(H,16,18)(H,17,20)/t13-/m1/s1. The average Bonchev–Trinajstić information content (AvgIpc) is 2.97. The van der Waals surface area contributed by atoms with Crippen LogP contribution in [0.5, 0.6) is 0 Å². The molecule has 0 aliphatic rings. The van der Waals surface area contributed by atoms with Gasteiger partial charge in [0.2, 0.25) is 0 Å². The zero-order valence-electron chi connectivity index (χ0n) is 11.9. The second-order valence-corrected chi connectivity index (χ2v) is 5.40. The van der Waals surface area contributed by atoms with E-state index in [9.17, 15) is 9.90 Å². The Morgan fingerprint density at radius 2 is 2.14 bits per heavy atom. The largest absolute Gasteiger partial charge is 0.388 e. The van der Waals surface area contributed by atoms with Crippen LogP contribution >= 0.6 is 11.3 Å². The highest BCUT2D eigenvalue weighted by Gasteiger charge is 2.11. The van der Waals surface area contributed by atoms with E-state index in [2.05, 4.69) is 15.6 Å². The minimum Gasteiger partial charge on any atom is -0.388 e. The van der Waals surface area contributed by atoms with Crippen LogP contribution in [0.4, 0.5) is 5.13 Å². The smallest absolute Gasteiger partial charge is 0.270 e. The number of nitrogens with zero attached hydrogens (tertiary/aromatic N) is 1. The topological polar surface area (TPSA) is 74.2 Å². The summed E-state index contributed by atoms with van der Waals surface area (Å²) >= 11 is 1.41. The van der Waals surface area contributed by atoms with Gasteiger partial charge in [-0.1, -0.05) is 30.3 Å². The molecule has 2 aromatic rings. The highest BCUT2D eigenvalue weighted by molar-refractivity contribution is 7.13. The lowest BCUT2D eigenvalue weighted by molar-refractivity contribution is 0.0938. The van der Waals surface area contributed by atoms with Crippen LogP contribution in [-0.4, -0.2) is 29.1 Å². The molecule has 1 aromatic carbocycles. The van der Waals surface area contributed by atoms with Gasteiger partial charge in [0, 0.05) is 18.5 Å². The fraction of sp³-hybridized carbons (Fsp3) is 0.333. The zero-order valence-corrected chi connectivity index (χ0v) is 12.7. The van der Waals surface area contributed by atoms with E-state index in [0.717, 1.165) is 17.2 Å². The Bertz CT molecular complexity index is 571. The molecule has 1 atom stereocenters. The van der Waals surface area contributed by atoms with Crippen LogP contribution in [0, 0.1) is 0 Å². The Kier molecular flexibility index (Phi) is 5.71. The molecule has 0 radical (unpaired) electrons. The summed E-state index contributed by atoms with van der Waals surface area (Å²) < 4.78 is 0. The first-order chi connectivity index (χ1) is 10.2. The minimum absolute atomic E-state index is 0.212. The molecule has 0 fully saturated rings. The fourth-order valence-corrected chi connectivity index (χ4v) is 2.63. The summed E-state index contributed by atoms with van der Waals surface area (Å²) in [6, 6.07) is 9.41. The molecule has 112 valence electrons. The van der Waals surface area contributed by atoms with Crippen LogP contribution in [0.15, 0.2) is 35.7 Å². The number of carbonyl (C=O) groups is 1. The number of benzene rings is 1. The van der Waals surface area contributed by atoms with Gasteiger partial charge < -0.3 is 15.7 Å². The number of thiazole rings is 1. The van der Waals surface area contributed by atoms with Crippen LogP contribution in [-0.2, 0) is 0 Å². The molecule has 0 unspecified atom stereocenters.